The first-order valence-corrected chi connectivity index (χ1v) is 9.92. The van der Waals surface area contributed by atoms with E-state index in [0.29, 0.717) is 0 Å². The summed E-state index contributed by atoms with van der Waals surface area (Å²) in [6, 6.07) is 23.6. The van der Waals surface area contributed by atoms with Crippen LogP contribution in [0.25, 0.3) is 0 Å². The lowest BCUT2D eigenvalue weighted by Crippen LogP contribution is -2.31. The lowest BCUT2D eigenvalue weighted by Gasteiger charge is -2.31. The Morgan fingerprint density at radius 3 is 2.11 bits per heavy atom. The van der Waals surface area contributed by atoms with Gasteiger partial charge in [-0.2, -0.15) is 15.5 Å². The largest absolute Gasteiger partial charge is 0.197 e. The third kappa shape index (κ3) is 6.46. The maximum atomic E-state index is 10.0. The maximum absolute atomic E-state index is 10.0. The highest BCUT2D eigenvalue weighted by atomic mass is 35.5. The van der Waals surface area contributed by atoms with Gasteiger partial charge in [-0.05, 0) is 49.1 Å². The number of benzene rings is 2. The van der Waals surface area contributed by atoms with Crippen molar-refractivity contribution in [2.75, 3.05) is 7.05 Å². The molecule has 0 fully saturated rings. The summed E-state index contributed by atoms with van der Waals surface area (Å²) in [6.45, 7) is 4.30. The van der Waals surface area contributed by atoms with E-state index < -0.39 is 5.41 Å². The molecular formula is C24H32ClN3. The molecule has 4 heteroatoms. The maximum Gasteiger partial charge on any atom is 0.0845 e. The molecule has 1 unspecified atom stereocenters. The van der Waals surface area contributed by atoms with E-state index in [1.807, 2.05) is 24.3 Å². The van der Waals surface area contributed by atoms with Crippen LogP contribution < -0.4 is 0 Å². The summed E-state index contributed by atoms with van der Waals surface area (Å²) < 4.78 is 0. The molecule has 0 bridgehead atoms. The van der Waals surface area contributed by atoms with Crippen LogP contribution in [0.1, 0.15) is 50.7 Å². The van der Waals surface area contributed by atoms with E-state index in [4.69, 9.17) is 0 Å². The quantitative estimate of drug-likeness (QED) is 0.407. The van der Waals surface area contributed by atoms with Crippen molar-refractivity contribution in [2.45, 2.75) is 57.4 Å². The van der Waals surface area contributed by atoms with Crippen LogP contribution in [-0.2, 0) is 11.8 Å². The van der Waals surface area contributed by atoms with E-state index in [1.54, 1.807) is 7.05 Å². The minimum Gasteiger partial charge on any atom is -0.197 e. The zero-order valence-electron chi connectivity index (χ0n) is 17.2. The number of nitrogens with zero attached hydrogens (tertiary/aromatic N) is 3. The van der Waals surface area contributed by atoms with Crippen LogP contribution in [0.2, 0.25) is 0 Å². The molecule has 150 valence electrons. The van der Waals surface area contributed by atoms with Crippen LogP contribution in [0, 0.1) is 17.2 Å². The Kier molecular flexibility index (Phi) is 10.5. The molecule has 0 N–H and O–H groups in total. The molecule has 0 aromatic heterocycles. The van der Waals surface area contributed by atoms with Gasteiger partial charge in [0.05, 0.1) is 17.5 Å². The van der Waals surface area contributed by atoms with Crippen molar-refractivity contribution in [3.05, 3.63) is 71.8 Å². The molecule has 0 saturated heterocycles. The number of azo groups is 1. The summed E-state index contributed by atoms with van der Waals surface area (Å²) in [7, 11) is 1.74. The Morgan fingerprint density at radius 1 is 0.964 bits per heavy atom. The van der Waals surface area contributed by atoms with Crippen LogP contribution in [0.15, 0.2) is 70.9 Å². The third-order valence-corrected chi connectivity index (χ3v) is 5.47. The molecule has 3 nitrogen and oxygen atoms in total. The second-order valence-electron chi connectivity index (χ2n) is 7.49. The second kappa shape index (κ2) is 12.3. The van der Waals surface area contributed by atoms with E-state index >= 15 is 0 Å². The van der Waals surface area contributed by atoms with Crippen molar-refractivity contribution in [2.24, 2.45) is 16.1 Å². The zero-order chi connectivity index (χ0) is 19.5. The third-order valence-electron chi connectivity index (χ3n) is 5.47. The predicted molar refractivity (Wildman–Crippen MR) is 119 cm³/mol. The fourth-order valence-corrected chi connectivity index (χ4v) is 3.77. The van der Waals surface area contributed by atoms with Gasteiger partial charge in [0.2, 0.25) is 0 Å². The Morgan fingerprint density at radius 2 is 1.57 bits per heavy atom. The van der Waals surface area contributed by atoms with Crippen LogP contribution in [0.4, 0.5) is 0 Å². The number of hydrogen-bond donors (Lipinski definition) is 0. The number of halogens is 1. The summed E-state index contributed by atoms with van der Waals surface area (Å²) in [6.07, 6.45) is 4.79. The SMILES string of the molecule is CN=N[C@H](CCCC(C#N)(c1ccccc1)C(C)C)CCc1ccccc1.Cl. The lowest BCUT2D eigenvalue weighted by atomic mass is 9.69. The van der Waals surface area contributed by atoms with Gasteiger partial charge in [-0.1, -0.05) is 74.5 Å². The minimum absolute atomic E-state index is 0. The summed E-state index contributed by atoms with van der Waals surface area (Å²) in [5.41, 5.74) is 2.03. The van der Waals surface area contributed by atoms with Crippen molar-refractivity contribution >= 4 is 12.4 Å². The number of rotatable bonds is 10. The average molecular weight is 398 g/mol. The van der Waals surface area contributed by atoms with E-state index in [2.05, 4.69) is 66.5 Å². The van der Waals surface area contributed by atoms with Gasteiger partial charge in [-0.3, -0.25) is 0 Å². The van der Waals surface area contributed by atoms with Crippen LogP contribution in [0.5, 0.6) is 0 Å². The molecule has 28 heavy (non-hydrogen) atoms. The van der Waals surface area contributed by atoms with E-state index in [9.17, 15) is 5.26 Å². The monoisotopic (exact) mass is 397 g/mol. The molecule has 0 aliphatic heterocycles. The molecule has 0 heterocycles. The Hall–Kier alpha value is -2.18. The topological polar surface area (TPSA) is 48.5 Å². The predicted octanol–water partition coefficient (Wildman–Crippen LogP) is 6.78. The average Bonchev–Trinajstić information content (AvgIpc) is 2.70. The zero-order valence-corrected chi connectivity index (χ0v) is 18.0. The van der Waals surface area contributed by atoms with Gasteiger partial charge >= 0.3 is 0 Å². The molecule has 2 aromatic rings. The van der Waals surface area contributed by atoms with Crippen molar-refractivity contribution < 1.29 is 0 Å². The van der Waals surface area contributed by atoms with Gasteiger partial charge in [-0.25, -0.2) is 0 Å². The van der Waals surface area contributed by atoms with Crippen LogP contribution >= 0.6 is 12.4 Å². The first-order chi connectivity index (χ1) is 13.1. The number of aryl methyl sites for hydroxylation is 1. The normalized spacial score (nSPS) is 14.2. The molecular weight excluding hydrogens is 366 g/mol. The lowest BCUT2D eigenvalue weighted by molar-refractivity contribution is 0.347. The van der Waals surface area contributed by atoms with Crippen molar-refractivity contribution in [3.63, 3.8) is 0 Å². The standard InChI is InChI=1S/C24H31N3.ClH/c1-20(2)24(19-25,22-13-8-5-9-14-22)18-10-15-23(27-26-3)17-16-21-11-6-4-7-12-21;/h4-9,11-14,20,23H,10,15-18H2,1-3H3;1H/t23-,24?;/m1./s1. The molecule has 0 saturated carbocycles. The first kappa shape index (κ1) is 23.9. The van der Waals surface area contributed by atoms with Crippen molar-refractivity contribution in [3.8, 4) is 6.07 Å². The Balaban J connectivity index is 0.00000392. The fourth-order valence-electron chi connectivity index (χ4n) is 3.77. The van der Waals surface area contributed by atoms with Gasteiger partial charge in [0, 0.05) is 7.05 Å². The highest BCUT2D eigenvalue weighted by Crippen LogP contribution is 2.37. The summed E-state index contributed by atoms with van der Waals surface area (Å²) in [4.78, 5) is 0. The van der Waals surface area contributed by atoms with E-state index in [0.717, 1.165) is 37.7 Å². The Labute approximate surface area is 176 Å². The first-order valence-electron chi connectivity index (χ1n) is 9.92. The number of hydrogen-bond acceptors (Lipinski definition) is 3. The molecule has 0 amide bonds. The summed E-state index contributed by atoms with van der Waals surface area (Å²) >= 11 is 0. The molecule has 0 aliphatic rings. The van der Waals surface area contributed by atoms with Crippen LogP contribution in [0.3, 0.4) is 0 Å². The molecule has 2 rings (SSSR count). The summed E-state index contributed by atoms with van der Waals surface area (Å²) in [5.74, 6) is 0.264. The fraction of sp³-hybridized carbons (Fsp3) is 0.458. The van der Waals surface area contributed by atoms with Gasteiger partial charge in [0.15, 0.2) is 0 Å². The smallest absolute Gasteiger partial charge is 0.0845 e. The molecule has 2 atom stereocenters. The van der Waals surface area contributed by atoms with Crippen molar-refractivity contribution in [1.82, 2.24) is 0 Å². The van der Waals surface area contributed by atoms with E-state index in [-0.39, 0.29) is 24.4 Å². The van der Waals surface area contributed by atoms with Crippen molar-refractivity contribution in [1.29, 1.82) is 5.26 Å². The van der Waals surface area contributed by atoms with E-state index in [1.165, 1.54) is 5.56 Å². The Bertz CT molecular complexity index is 737. The van der Waals surface area contributed by atoms with Gasteiger partial charge in [0.25, 0.3) is 0 Å². The molecule has 2 aromatic carbocycles. The van der Waals surface area contributed by atoms with Gasteiger partial charge in [0.1, 0.15) is 0 Å². The van der Waals surface area contributed by atoms with Gasteiger partial charge < -0.3 is 0 Å². The summed E-state index contributed by atoms with van der Waals surface area (Å²) in [5, 5.41) is 18.5. The molecule has 0 spiro atoms. The second-order valence-corrected chi connectivity index (χ2v) is 7.49. The highest BCUT2D eigenvalue weighted by Gasteiger charge is 2.35. The van der Waals surface area contributed by atoms with Crippen LogP contribution in [-0.4, -0.2) is 13.1 Å². The minimum atomic E-state index is -0.436. The van der Waals surface area contributed by atoms with Gasteiger partial charge in [-0.15, -0.1) is 12.4 Å². The number of nitriles is 1. The molecule has 0 radical (unpaired) electrons. The highest BCUT2D eigenvalue weighted by molar-refractivity contribution is 5.85. The molecule has 0 aliphatic carbocycles.